The molecular weight excluding hydrogens is 372 g/mol. The minimum atomic E-state index is -1.23. The van der Waals surface area contributed by atoms with E-state index in [1.54, 1.807) is 6.92 Å². The van der Waals surface area contributed by atoms with Gasteiger partial charge in [-0.25, -0.2) is 9.59 Å². The first-order chi connectivity index (χ1) is 13.7. The molecule has 1 heterocycles. The predicted molar refractivity (Wildman–Crippen MR) is 107 cm³/mol. The molecule has 8 heteroatoms. The summed E-state index contributed by atoms with van der Waals surface area (Å²) >= 11 is 0. The SMILES string of the molecule is CC(C)CCNC(=O)NC(=O)CN1C(=O)NC(C)(c2ccc3c(c2)CCC3)C1=O. The van der Waals surface area contributed by atoms with Gasteiger partial charge in [-0.05, 0) is 55.2 Å². The molecule has 0 aromatic heterocycles. The number of carbonyl (C=O) groups excluding carboxylic acids is 4. The van der Waals surface area contributed by atoms with Gasteiger partial charge in [-0.3, -0.25) is 19.8 Å². The van der Waals surface area contributed by atoms with Gasteiger partial charge < -0.3 is 10.6 Å². The van der Waals surface area contributed by atoms with Crippen LogP contribution in [-0.2, 0) is 28.0 Å². The maximum absolute atomic E-state index is 13.0. The summed E-state index contributed by atoms with van der Waals surface area (Å²) in [6, 6.07) is 4.54. The van der Waals surface area contributed by atoms with Crippen LogP contribution >= 0.6 is 0 Å². The van der Waals surface area contributed by atoms with Crippen molar-refractivity contribution in [3.8, 4) is 0 Å². The molecule has 1 atom stereocenters. The minimum Gasteiger partial charge on any atom is -0.338 e. The molecule has 3 rings (SSSR count). The number of nitrogens with zero attached hydrogens (tertiary/aromatic N) is 1. The third-order valence-corrected chi connectivity index (χ3v) is 5.51. The Morgan fingerprint density at radius 3 is 2.66 bits per heavy atom. The fraction of sp³-hybridized carbons (Fsp3) is 0.524. The lowest BCUT2D eigenvalue weighted by Crippen LogP contribution is -2.47. The van der Waals surface area contributed by atoms with E-state index in [-0.39, 0.29) is 0 Å². The van der Waals surface area contributed by atoms with Gasteiger partial charge in [0.25, 0.3) is 5.91 Å². The molecule has 29 heavy (non-hydrogen) atoms. The smallest absolute Gasteiger partial charge is 0.325 e. The summed E-state index contributed by atoms with van der Waals surface area (Å²) in [5.41, 5.74) is 1.94. The molecule has 0 bridgehead atoms. The van der Waals surface area contributed by atoms with Crippen LogP contribution in [0.1, 0.15) is 50.3 Å². The summed E-state index contributed by atoms with van der Waals surface area (Å²) in [4.78, 5) is 50.1. The van der Waals surface area contributed by atoms with Gasteiger partial charge in [0.05, 0.1) is 0 Å². The van der Waals surface area contributed by atoms with E-state index in [2.05, 4.69) is 16.0 Å². The van der Waals surface area contributed by atoms with Crippen LogP contribution in [0.2, 0.25) is 0 Å². The monoisotopic (exact) mass is 400 g/mol. The quantitative estimate of drug-likeness (QED) is 0.633. The van der Waals surface area contributed by atoms with Gasteiger partial charge in [0.15, 0.2) is 0 Å². The van der Waals surface area contributed by atoms with Gasteiger partial charge in [-0.15, -0.1) is 0 Å². The van der Waals surface area contributed by atoms with Crippen molar-refractivity contribution in [2.24, 2.45) is 5.92 Å². The van der Waals surface area contributed by atoms with E-state index >= 15 is 0 Å². The van der Waals surface area contributed by atoms with Crippen LogP contribution in [-0.4, -0.2) is 41.9 Å². The molecule has 0 spiro atoms. The van der Waals surface area contributed by atoms with E-state index in [9.17, 15) is 19.2 Å². The summed E-state index contributed by atoms with van der Waals surface area (Å²) in [7, 11) is 0. The molecule has 1 aromatic rings. The third kappa shape index (κ3) is 4.41. The highest BCUT2D eigenvalue weighted by atomic mass is 16.2. The van der Waals surface area contributed by atoms with Crippen molar-refractivity contribution < 1.29 is 19.2 Å². The summed E-state index contributed by atoms with van der Waals surface area (Å²) in [5, 5.41) is 7.44. The molecule has 1 unspecified atom stereocenters. The largest absolute Gasteiger partial charge is 0.338 e. The van der Waals surface area contributed by atoms with Crippen LogP contribution < -0.4 is 16.0 Å². The molecule has 1 aliphatic carbocycles. The number of amides is 6. The number of aryl methyl sites for hydroxylation is 2. The molecule has 1 saturated heterocycles. The fourth-order valence-corrected chi connectivity index (χ4v) is 3.75. The molecule has 6 amide bonds. The Bertz CT molecular complexity index is 851. The third-order valence-electron chi connectivity index (χ3n) is 5.51. The minimum absolute atomic E-state index is 0.425. The lowest BCUT2D eigenvalue weighted by Gasteiger charge is -2.23. The number of hydrogen-bond donors (Lipinski definition) is 3. The second-order valence-corrected chi connectivity index (χ2v) is 8.27. The first-order valence-electron chi connectivity index (χ1n) is 10.0. The highest BCUT2D eigenvalue weighted by Gasteiger charge is 2.49. The number of hydrogen-bond acceptors (Lipinski definition) is 4. The number of benzene rings is 1. The van der Waals surface area contributed by atoms with Crippen molar-refractivity contribution in [2.45, 2.75) is 52.0 Å². The van der Waals surface area contributed by atoms with Crippen LogP contribution in [0.25, 0.3) is 0 Å². The van der Waals surface area contributed by atoms with Gasteiger partial charge >= 0.3 is 12.1 Å². The normalized spacial score (nSPS) is 20.6. The molecule has 156 valence electrons. The van der Waals surface area contributed by atoms with E-state index in [0.717, 1.165) is 30.6 Å². The molecule has 1 aromatic carbocycles. The van der Waals surface area contributed by atoms with Crippen LogP contribution in [0, 0.1) is 5.92 Å². The van der Waals surface area contributed by atoms with Crippen molar-refractivity contribution in [3.05, 3.63) is 34.9 Å². The number of carbonyl (C=O) groups is 4. The summed E-state index contributed by atoms with van der Waals surface area (Å²) < 4.78 is 0. The lowest BCUT2D eigenvalue weighted by molar-refractivity contribution is -0.134. The molecule has 0 radical (unpaired) electrons. The van der Waals surface area contributed by atoms with Gasteiger partial charge in [0.2, 0.25) is 5.91 Å². The Kier molecular flexibility index (Phi) is 5.91. The van der Waals surface area contributed by atoms with Gasteiger partial charge in [-0.2, -0.15) is 0 Å². The molecule has 1 fully saturated rings. The molecule has 0 saturated carbocycles. The van der Waals surface area contributed by atoms with Crippen molar-refractivity contribution >= 4 is 23.9 Å². The van der Waals surface area contributed by atoms with E-state index in [4.69, 9.17) is 0 Å². The van der Waals surface area contributed by atoms with Crippen LogP contribution in [0.3, 0.4) is 0 Å². The molecule has 2 aliphatic rings. The fourth-order valence-electron chi connectivity index (χ4n) is 3.75. The van der Waals surface area contributed by atoms with Gasteiger partial charge in [0, 0.05) is 6.54 Å². The Labute approximate surface area is 170 Å². The van der Waals surface area contributed by atoms with E-state index in [1.807, 2.05) is 32.0 Å². The molecule has 3 N–H and O–H groups in total. The summed E-state index contributed by atoms with van der Waals surface area (Å²) in [6.45, 7) is 5.63. The zero-order valence-electron chi connectivity index (χ0n) is 17.1. The zero-order chi connectivity index (χ0) is 21.2. The number of rotatable bonds is 6. The van der Waals surface area contributed by atoms with E-state index in [1.165, 1.54) is 11.1 Å². The van der Waals surface area contributed by atoms with Crippen LogP contribution in [0.5, 0.6) is 0 Å². The average molecular weight is 400 g/mol. The standard InChI is InChI=1S/C21H28N4O4/c1-13(2)9-10-22-19(28)23-17(26)12-25-18(27)21(3,24-20(25)29)16-8-7-14-5-4-6-15(14)11-16/h7-8,11,13H,4-6,9-10,12H2,1-3H3,(H,24,29)(H2,22,23,26,28). The first-order valence-corrected chi connectivity index (χ1v) is 10.0. The Morgan fingerprint density at radius 2 is 1.93 bits per heavy atom. The first kappa shape index (κ1) is 20.8. The topological polar surface area (TPSA) is 108 Å². The van der Waals surface area contributed by atoms with Gasteiger partial charge in [-0.1, -0.05) is 32.0 Å². The number of nitrogens with one attached hydrogen (secondary N) is 3. The van der Waals surface area contributed by atoms with Crippen molar-refractivity contribution in [2.75, 3.05) is 13.1 Å². The Hall–Kier alpha value is -2.90. The highest BCUT2D eigenvalue weighted by Crippen LogP contribution is 2.32. The molecular formula is C21H28N4O4. The van der Waals surface area contributed by atoms with Crippen molar-refractivity contribution in [3.63, 3.8) is 0 Å². The second-order valence-electron chi connectivity index (χ2n) is 8.27. The maximum atomic E-state index is 13.0. The van der Waals surface area contributed by atoms with Crippen molar-refractivity contribution in [1.29, 1.82) is 0 Å². The van der Waals surface area contributed by atoms with E-state index < -0.39 is 36.0 Å². The number of urea groups is 2. The highest BCUT2D eigenvalue weighted by molar-refractivity contribution is 6.10. The lowest BCUT2D eigenvalue weighted by atomic mass is 9.89. The zero-order valence-corrected chi connectivity index (χ0v) is 17.1. The second kappa shape index (κ2) is 8.23. The molecule has 1 aliphatic heterocycles. The van der Waals surface area contributed by atoms with E-state index in [0.29, 0.717) is 18.0 Å². The number of imide groups is 2. The maximum Gasteiger partial charge on any atom is 0.325 e. The van der Waals surface area contributed by atoms with Crippen molar-refractivity contribution in [1.82, 2.24) is 20.9 Å². The number of fused-ring (bicyclic) bond motifs is 1. The average Bonchev–Trinajstić information content (AvgIpc) is 3.19. The Morgan fingerprint density at radius 1 is 1.21 bits per heavy atom. The van der Waals surface area contributed by atoms with Gasteiger partial charge in [0.1, 0.15) is 12.1 Å². The Balaban J connectivity index is 1.63. The van der Waals surface area contributed by atoms with Crippen LogP contribution in [0.4, 0.5) is 9.59 Å². The van der Waals surface area contributed by atoms with Crippen LogP contribution in [0.15, 0.2) is 18.2 Å². The molecule has 8 nitrogen and oxygen atoms in total. The summed E-state index contributed by atoms with van der Waals surface area (Å²) in [6.07, 6.45) is 3.85. The summed E-state index contributed by atoms with van der Waals surface area (Å²) in [5.74, 6) is -0.793. The predicted octanol–water partition coefficient (Wildman–Crippen LogP) is 1.81.